The molecule has 1 saturated heterocycles. The lowest BCUT2D eigenvalue weighted by Gasteiger charge is -2.32. The topological polar surface area (TPSA) is 69.6 Å². The second-order valence-electron chi connectivity index (χ2n) is 6.02. The van der Waals surface area contributed by atoms with Crippen molar-refractivity contribution in [3.63, 3.8) is 0 Å². The van der Waals surface area contributed by atoms with Crippen molar-refractivity contribution in [1.82, 2.24) is 15.0 Å². The highest BCUT2D eigenvalue weighted by Gasteiger charge is 2.24. The second-order valence-corrected chi connectivity index (χ2v) is 6.88. The number of rotatable bonds is 5. The quantitative estimate of drug-likeness (QED) is 0.681. The number of piperidine rings is 1. The number of hydrogen-bond donors (Lipinski definition) is 0. The Balaban J connectivity index is 1.55. The van der Waals surface area contributed by atoms with E-state index >= 15 is 0 Å². The third kappa shape index (κ3) is 3.24. The summed E-state index contributed by atoms with van der Waals surface area (Å²) >= 11 is 1.53. The Kier molecular flexibility index (Phi) is 4.75. The molecule has 26 heavy (non-hydrogen) atoms. The Morgan fingerprint density at radius 2 is 1.81 bits per heavy atom. The van der Waals surface area contributed by atoms with Gasteiger partial charge in [0.1, 0.15) is 18.2 Å². The van der Waals surface area contributed by atoms with E-state index in [1.54, 1.807) is 26.7 Å². The van der Waals surface area contributed by atoms with E-state index in [1.165, 1.54) is 11.3 Å². The van der Waals surface area contributed by atoms with Crippen LogP contribution in [-0.4, -0.2) is 48.4 Å². The number of aromatic nitrogens is 3. The fraction of sp³-hybridized carbons (Fsp3) is 0.389. The maximum absolute atomic E-state index is 5.95. The van der Waals surface area contributed by atoms with Crippen molar-refractivity contribution in [2.75, 3.05) is 32.2 Å². The average Bonchev–Trinajstić information content (AvgIpc) is 3.20. The lowest BCUT2D eigenvalue weighted by atomic mass is 10.1. The second kappa shape index (κ2) is 7.33. The van der Waals surface area contributed by atoms with Gasteiger partial charge in [0.15, 0.2) is 11.5 Å². The van der Waals surface area contributed by atoms with Gasteiger partial charge in [-0.2, -0.15) is 0 Å². The van der Waals surface area contributed by atoms with Gasteiger partial charge in [0.2, 0.25) is 0 Å². The molecule has 0 saturated carbocycles. The number of fused-ring (bicyclic) bond motifs is 1. The molecule has 2 aromatic heterocycles. The molecular weight excluding hydrogens is 352 g/mol. The number of anilines is 1. The highest BCUT2D eigenvalue weighted by Crippen LogP contribution is 2.35. The van der Waals surface area contributed by atoms with E-state index in [4.69, 9.17) is 14.2 Å². The van der Waals surface area contributed by atoms with Gasteiger partial charge in [-0.3, -0.25) is 0 Å². The molecule has 0 spiro atoms. The molecule has 1 aliphatic heterocycles. The average molecular weight is 372 g/mol. The van der Waals surface area contributed by atoms with Crippen LogP contribution in [0, 0.1) is 0 Å². The van der Waals surface area contributed by atoms with Crippen LogP contribution in [0.1, 0.15) is 12.8 Å². The number of thiazole rings is 1. The summed E-state index contributed by atoms with van der Waals surface area (Å²) in [5.41, 5.74) is 0.841. The van der Waals surface area contributed by atoms with Crippen LogP contribution in [0.2, 0.25) is 0 Å². The van der Waals surface area contributed by atoms with Gasteiger partial charge in [-0.25, -0.2) is 15.0 Å². The zero-order chi connectivity index (χ0) is 17.9. The molecule has 136 valence electrons. The molecule has 0 atom stereocenters. The van der Waals surface area contributed by atoms with Crippen molar-refractivity contribution in [3.8, 4) is 16.7 Å². The molecule has 0 bridgehead atoms. The van der Waals surface area contributed by atoms with Crippen molar-refractivity contribution in [2.45, 2.75) is 18.9 Å². The van der Waals surface area contributed by atoms with Gasteiger partial charge in [0.25, 0.3) is 5.19 Å². The molecule has 0 unspecified atom stereocenters. The highest BCUT2D eigenvalue weighted by atomic mass is 32.1. The first-order valence-electron chi connectivity index (χ1n) is 8.46. The molecular formula is C18H20N4O3S. The van der Waals surface area contributed by atoms with Gasteiger partial charge >= 0.3 is 0 Å². The van der Waals surface area contributed by atoms with Gasteiger partial charge in [-0.05, 0) is 6.07 Å². The van der Waals surface area contributed by atoms with Crippen LogP contribution in [-0.2, 0) is 0 Å². The fourth-order valence-corrected chi connectivity index (χ4v) is 3.77. The maximum atomic E-state index is 5.95. The fourth-order valence-electron chi connectivity index (χ4n) is 3.22. The lowest BCUT2D eigenvalue weighted by Crippen LogP contribution is -2.38. The number of methoxy groups -OCH3 is 2. The standard InChI is InChI=1S/C18H20N4O3S/c1-23-15-9-13-14(10-16(15)24-2)20-11-21-17(13)22-6-3-12(4-7-22)25-18-19-5-8-26-18/h5,8-12H,3-4,6-7H2,1-2H3. The molecule has 1 fully saturated rings. The molecule has 7 nitrogen and oxygen atoms in total. The summed E-state index contributed by atoms with van der Waals surface area (Å²) in [6.07, 6.45) is 5.42. The van der Waals surface area contributed by atoms with E-state index in [0.29, 0.717) is 11.5 Å². The van der Waals surface area contributed by atoms with Crippen molar-refractivity contribution >= 4 is 28.1 Å². The van der Waals surface area contributed by atoms with Crippen LogP contribution < -0.4 is 19.1 Å². The Bertz CT molecular complexity index is 880. The maximum Gasteiger partial charge on any atom is 0.273 e. The first-order chi connectivity index (χ1) is 12.8. The molecule has 3 heterocycles. The van der Waals surface area contributed by atoms with Crippen molar-refractivity contribution in [3.05, 3.63) is 30.0 Å². The number of ether oxygens (including phenoxy) is 3. The van der Waals surface area contributed by atoms with E-state index in [2.05, 4.69) is 19.9 Å². The first-order valence-corrected chi connectivity index (χ1v) is 9.34. The monoisotopic (exact) mass is 372 g/mol. The predicted octanol–water partition coefficient (Wildman–Crippen LogP) is 3.15. The van der Waals surface area contributed by atoms with Crippen LogP contribution in [0.15, 0.2) is 30.0 Å². The van der Waals surface area contributed by atoms with Crippen LogP contribution >= 0.6 is 11.3 Å². The van der Waals surface area contributed by atoms with Crippen molar-refractivity contribution in [2.24, 2.45) is 0 Å². The Labute approximate surface area is 155 Å². The minimum absolute atomic E-state index is 0.195. The van der Waals surface area contributed by atoms with Crippen molar-refractivity contribution in [1.29, 1.82) is 0 Å². The summed E-state index contributed by atoms with van der Waals surface area (Å²) in [5, 5.41) is 3.64. The molecule has 0 amide bonds. The molecule has 4 rings (SSSR count). The van der Waals surface area contributed by atoms with Gasteiger partial charge in [-0.15, -0.1) is 0 Å². The van der Waals surface area contributed by atoms with Gasteiger partial charge in [0.05, 0.1) is 19.7 Å². The van der Waals surface area contributed by atoms with Gasteiger partial charge in [-0.1, -0.05) is 11.3 Å². The normalized spacial score (nSPS) is 15.2. The van der Waals surface area contributed by atoms with Crippen LogP contribution in [0.3, 0.4) is 0 Å². The van der Waals surface area contributed by atoms with E-state index in [9.17, 15) is 0 Å². The Morgan fingerprint density at radius 1 is 1.04 bits per heavy atom. The number of nitrogens with zero attached hydrogens (tertiary/aromatic N) is 4. The van der Waals surface area contributed by atoms with Crippen LogP contribution in [0.4, 0.5) is 5.82 Å². The summed E-state index contributed by atoms with van der Waals surface area (Å²) in [7, 11) is 3.26. The molecule has 1 aliphatic rings. The molecule has 1 aromatic carbocycles. The SMILES string of the molecule is COc1cc2ncnc(N3CCC(Oc4nccs4)CC3)c2cc1OC. The minimum atomic E-state index is 0.195. The Hall–Kier alpha value is -2.61. The third-order valence-corrected chi connectivity index (χ3v) is 5.20. The zero-order valence-corrected chi connectivity index (χ0v) is 15.5. The lowest BCUT2D eigenvalue weighted by molar-refractivity contribution is 0.170. The van der Waals surface area contributed by atoms with E-state index < -0.39 is 0 Å². The molecule has 3 aromatic rings. The van der Waals surface area contributed by atoms with Crippen molar-refractivity contribution < 1.29 is 14.2 Å². The largest absolute Gasteiger partial charge is 0.493 e. The highest BCUT2D eigenvalue weighted by molar-refractivity contribution is 7.11. The van der Waals surface area contributed by atoms with Crippen LogP contribution in [0.25, 0.3) is 10.9 Å². The molecule has 0 aliphatic carbocycles. The number of benzene rings is 1. The molecule has 0 N–H and O–H groups in total. The van der Waals surface area contributed by atoms with Gasteiger partial charge < -0.3 is 19.1 Å². The summed E-state index contributed by atoms with van der Waals surface area (Å²) in [5.74, 6) is 2.27. The third-order valence-electron chi connectivity index (χ3n) is 4.54. The van der Waals surface area contributed by atoms with E-state index in [0.717, 1.165) is 47.8 Å². The van der Waals surface area contributed by atoms with E-state index in [-0.39, 0.29) is 6.10 Å². The number of hydrogen-bond acceptors (Lipinski definition) is 8. The summed E-state index contributed by atoms with van der Waals surface area (Å²) in [6.45, 7) is 1.74. The summed E-state index contributed by atoms with van der Waals surface area (Å²) in [6, 6.07) is 3.83. The van der Waals surface area contributed by atoms with E-state index in [1.807, 2.05) is 17.5 Å². The predicted molar refractivity (Wildman–Crippen MR) is 101 cm³/mol. The minimum Gasteiger partial charge on any atom is -0.493 e. The molecule has 0 radical (unpaired) electrons. The smallest absolute Gasteiger partial charge is 0.273 e. The Morgan fingerprint density at radius 3 is 2.50 bits per heavy atom. The first kappa shape index (κ1) is 16.8. The van der Waals surface area contributed by atoms with Gasteiger partial charge in [0, 0.05) is 49.0 Å². The zero-order valence-electron chi connectivity index (χ0n) is 14.7. The molecule has 8 heteroatoms. The summed E-state index contributed by atoms with van der Waals surface area (Å²) in [4.78, 5) is 15.4. The van der Waals surface area contributed by atoms with Crippen LogP contribution in [0.5, 0.6) is 16.7 Å². The summed E-state index contributed by atoms with van der Waals surface area (Å²) < 4.78 is 16.8.